The van der Waals surface area contributed by atoms with Crippen LogP contribution in [-0.4, -0.2) is 15.8 Å². The lowest BCUT2D eigenvalue weighted by Gasteiger charge is -2.05. The molecule has 0 aliphatic rings. The van der Waals surface area contributed by atoms with Crippen LogP contribution in [0.5, 0.6) is 0 Å². The van der Waals surface area contributed by atoms with Gasteiger partial charge in [-0.3, -0.25) is 14.8 Å². The van der Waals surface area contributed by atoms with Crippen LogP contribution in [0.3, 0.4) is 0 Å². The lowest BCUT2D eigenvalue weighted by atomic mass is 10.0. The minimum atomic E-state index is -0.114. The van der Waals surface area contributed by atoms with Gasteiger partial charge in [0.15, 0.2) is 0 Å². The van der Waals surface area contributed by atoms with Crippen molar-refractivity contribution >= 4 is 22.2 Å². The van der Waals surface area contributed by atoms with Crippen LogP contribution in [0.25, 0.3) is 10.8 Å². The number of fused-ring (bicyclic) bond motifs is 1. The molecule has 0 saturated carbocycles. The predicted molar refractivity (Wildman–Crippen MR) is 73.8 cm³/mol. The number of nitrogen functional groups attached to an aromatic ring is 1. The van der Waals surface area contributed by atoms with Crippen LogP contribution in [0.15, 0.2) is 55.0 Å². The Labute approximate surface area is 109 Å². The Balaban J connectivity index is 2.14. The maximum absolute atomic E-state index is 12.4. The zero-order valence-electron chi connectivity index (χ0n) is 10.1. The molecule has 0 unspecified atom stereocenters. The molecule has 0 bridgehead atoms. The number of anilines is 1. The number of pyridine rings is 2. The minimum Gasteiger partial charge on any atom is -0.397 e. The van der Waals surface area contributed by atoms with Crippen LogP contribution < -0.4 is 5.73 Å². The van der Waals surface area contributed by atoms with Crippen LogP contribution in [0, 0.1) is 0 Å². The summed E-state index contributed by atoms with van der Waals surface area (Å²) in [6.07, 6.45) is 4.90. The molecule has 1 aromatic carbocycles. The normalized spacial score (nSPS) is 10.5. The van der Waals surface area contributed by atoms with Crippen LogP contribution in [0.2, 0.25) is 0 Å². The zero-order chi connectivity index (χ0) is 13.2. The summed E-state index contributed by atoms with van der Waals surface area (Å²) < 4.78 is 0. The Morgan fingerprint density at radius 1 is 1.05 bits per heavy atom. The Morgan fingerprint density at radius 2 is 1.95 bits per heavy atom. The SMILES string of the molecule is Nc1ccc(C(=O)c2cccc3cnccc23)nc1. The van der Waals surface area contributed by atoms with Gasteiger partial charge in [-0.1, -0.05) is 18.2 Å². The van der Waals surface area contributed by atoms with E-state index in [1.54, 1.807) is 30.6 Å². The predicted octanol–water partition coefficient (Wildman–Crippen LogP) is 2.44. The van der Waals surface area contributed by atoms with Crippen molar-refractivity contribution in [2.75, 3.05) is 5.73 Å². The largest absolute Gasteiger partial charge is 0.397 e. The highest BCUT2D eigenvalue weighted by Gasteiger charge is 2.13. The molecule has 0 spiro atoms. The maximum Gasteiger partial charge on any atom is 0.211 e. The summed E-state index contributed by atoms with van der Waals surface area (Å²) >= 11 is 0. The van der Waals surface area contributed by atoms with Gasteiger partial charge in [-0.2, -0.15) is 0 Å². The highest BCUT2D eigenvalue weighted by atomic mass is 16.1. The molecule has 4 heteroatoms. The Bertz CT molecular complexity index is 745. The quantitative estimate of drug-likeness (QED) is 0.708. The first-order valence-corrected chi connectivity index (χ1v) is 5.85. The van der Waals surface area contributed by atoms with E-state index in [2.05, 4.69) is 9.97 Å². The molecule has 3 rings (SSSR count). The monoisotopic (exact) mass is 249 g/mol. The third-order valence-electron chi connectivity index (χ3n) is 2.94. The van der Waals surface area contributed by atoms with Crippen molar-refractivity contribution in [3.63, 3.8) is 0 Å². The highest BCUT2D eigenvalue weighted by Crippen LogP contribution is 2.20. The van der Waals surface area contributed by atoms with E-state index >= 15 is 0 Å². The van der Waals surface area contributed by atoms with E-state index in [0.29, 0.717) is 16.9 Å². The molecule has 0 fully saturated rings. The van der Waals surface area contributed by atoms with Gasteiger partial charge in [0, 0.05) is 23.3 Å². The molecule has 0 radical (unpaired) electrons. The second-order valence-electron chi connectivity index (χ2n) is 4.21. The van der Waals surface area contributed by atoms with Gasteiger partial charge in [-0.05, 0) is 23.6 Å². The summed E-state index contributed by atoms with van der Waals surface area (Å²) in [6, 6.07) is 10.7. The van der Waals surface area contributed by atoms with Gasteiger partial charge in [0.25, 0.3) is 0 Å². The summed E-state index contributed by atoms with van der Waals surface area (Å²) in [5.41, 5.74) is 7.12. The molecule has 3 aromatic rings. The number of ketones is 1. The molecule has 2 N–H and O–H groups in total. The number of aromatic nitrogens is 2. The third-order valence-corrected chi connectivity index (χ3v) is 2.94. The van der Waals surface area contributed by atoms with Gasteiger partial charge in [0.2, 0.25) is 5.78 Å². The van der Waals surface area contributed by atoms with Crippen LogP contribution in [0.4, 0.5) is 5.69 Å². The molecule has 0 aliphatic carbocycles. The first kappa shape index (κ1) is 11.3. The fraction of sp³-hybridized carbons (Fsp3) is 0. The summed E-state index contributed by atoms with van der Waals surface area (Å²) in [5.74, 6) is -0.114. The second kappa shape index (κ2) is 4.49. The molecule has 92 valence electrons. The molecular weight excluding hydrogens is 238 g/mol. The molecule has 19 heavy (non-hydrogen) atoms. The number of nitrogens with zero attached hydrogens (tertiary/aromatic N) is 2. The van der Waals surface area contributed by atoms with Crippen molar-refractivity contribution < 1.29 is 4.79 Å². The second-order valence-corrected chi connectivity index (χ2v) is 4.21. The van der Waals surface area contributed by atoms with Gasteiger partial charge in [0.1, 0.15) is 5.69 Å². The van der Waals surface area contributed by atoms with E-state index in [-0.39, 0.29) is 5.78 Å². The topological polar surface area (TPSA) is 68.9 Å². The van der Waals surface area contributed by atoms with Crippen molar-refractivity contribution in [1.82, 2.24) is 9.97 Å². The lowest BCUT2D eigenvalue weighted by molar-refractivity contribution is 0.103. The van der Waals surface area contributed by atoms with Crippen LogP contribution in [0.1, 0.15) is 16.1 Å². The molecule has 2 aromatic heterocycles. The smallest absolute Gasteiger partial charge is 0.211 e. The third kappa shape index (κ3) is 2.04. The average Bonchev–Trinajstić information content (AvgIpc) is 2.47. The standard InChI is InChI=1S/C15H11N3O/c16-11-4-5-14(18-9-11)15(19)13-3-1-2-10-8-17-7-6-12(10)13/h1-9H,16H2. The maximum atomic E-state index is 12.4. The van der Waals surface area contributed by atoms with Crippen molar-refractivity contribution in [3.8, 4) is 0 Å². The number of nitrogens with two attached hydrogens (primary N) is 1. The van der Waals surface area contributed by atoms with Crippen molar-refractivity contribution in [3.05, 3.63) is 66.2 Å². The fourth-order valence-electron chi connectivity index (χ4n) is 2.00. The molecular formula is C15H11N3O. The van der Waals surface area contributed by atoms with Gasteiger partial charge >= 0.3 is 0 Å². The first-order valence-electron chi connectivity index (χ1n) is 5.85. The number of carbonyl (C=O) groups excluding carboxylic acids is 1. The summed E-state index contributed by atoms with van der Waals surface area (Å²) in [7, 11) is 0. The molecule has 2 heterocycles. The Morgan fingerprint density at radius 3 is 2.74 bits per heavy atom. The summed E-state index contributed by atoms with van der Waals surface area (Å²) in [5, 5.41) is 1.81. The number of benzene rings is 1. The van der Waals surface area contributed by atoms with Gasteiger partial charge < -0.3 is 5.73 Å². The Hall–Kier alpha value is -2.75. The van der Waals surface area contributed by atoms with Crippen LogP contribution in [-0.2, 0) is 0 Å². The van der Waals surface area contributed by atoms with E-state index in [4.69, 9.17) is 5.73 Å². The minimum absolute atomic E-state index is 0.114. The van der Waals surface area contributed by atoms with Gasteiger partial charge in [-0.25, -0.2) is 0 Å². The first-order chi connectivity index (χ1) is 9.25. The molecule has 0 saturated heterocycles. The van der Waals surface area contributed by atoms with E-state index in [0.717, 1.165) is 10.8 Å². The summed E-state index contributed by atoms with van der Waals surface area (Å²) in [6.45, 7) is 0. The number of hydrogen-bond donors (Lipinski definition) is 1. The van der Waals surface area contributed by atoms with Crippen LogP contribution >= 0.6 is 0 Å². The van der Waals surface area contributed by atoms with Gasteiger partial charge in [0.05, 0.1) is 11.9 Å². The molecule has 0 amide bonds. The zero-order valence-corrected chi connectivity index (χ0v) is 10.1. The van der Waals surface area contributed by atoms with E-state index in [1.165, 1.54) is 6.20 Å². The molecule has 0 atom stereocenters. The number of carbonyl (C=O) groups is 1. The molecule has 4 nitrogen and oxygen atoms in total. The number of hydrogen-bond acceptors (Lipinski definition) is 4. The lowest BCUT2D eigenvalue weighted by Crippen LogP contribution is -2.05. The van der Waals surface area contributed by atoms with E-state index in [1.807, 2.05) is 18.2 Å². The van der Waals surface area contributed by atoms with E-state index < -0.39 is 0 Å². The number of rotatable bonds is 2. The fourth-order valence-corrected chi connectivity index (χ4v) is 2.00. The highest BCUT2D eigenvalue weighted by molar-refractivity contribution is 6.15. The average molecular weight is 249 g/mol. The van der Waals surface area contributed by atoms with Crippen molar-refractivity contribution in [1.29, 1.82) is 0 Å². The van der Waals surface area contributed by atoms with Crippen molar-refractivity contribution in [2.24, 2.45) is 0 Å². The summed E-state index contributed by atoms with van der Waals surface area (Å²) in [4.78, 5) is 20.6. The van der Waals surface area contributed by atoms with Crippen molar-refractivity contribution in [2.45, 2.75) is 0 Å². The molecule has 0 aliphatic heterocycles. The Kier molecular flexibility index (Phi) is 2.68. The van der Waals surface area contributed by atoms with E-state index in [9.17, 15) is 4.79 Å². The van der Waals surface area contributed by atoms with Gasteiger partial charge in [-0.15, -0.1) is 0 Å².